The second-order valence-electron chi connectivity index (χ2n) is 6.02. The number of rotatable bonds is 5. The molecular formula is C21H12F3N3O2S. The lowest BCUT2D eigenvalue weighted by atomic mass is 10.2. The van der Waals surface area contributed by atoms with E-state index >= 15 is 0 Å². The van der Waals surface area contributed by atoms with Crippen LogP contribution in [0.5, 0.6) is 5.75 Å². The predicted molar refractivity (Wildman–Crippen MR) is 106 cm³/mol. The van der Waals surface area contributed by atoms with Gasteiger partial charge in [0.2, 0.25) is 0 Å². The molecule has 9 heteroatoms. The van der Waals surface area contributed by atoms with E-state index < -0.39 is 29.0 Å². The van der Waals surface area contributed by atoms with Crippen LogP contribution in [-0.4, -0.2) is 15.9 Å². The molecule has 30 heavy (non-hydrogen) atoms. The van der Waals surface area contributed by atoms with E-state index in [0.29, 0.717) is 22.6 Å². The fraction of sp³-hybridized carbons (Fsp3) is 0. The van der Waals surface area contributed by atoms with E-state index in [1.807, 2.05) is 23.6 Å². The maximum absolute atomic E-state index is 13.8. The summed E-state index contributed by atoms with van der Waals surface area (Å²) in [6, 6.07) is 13.3. The Hall–Kier alpha value is -3.72. The van der Waals surface area contributed by atoms with E-state index in [-0.39, 0.29) is 5.75 Å². The van der Waals surface area contributed by atoms with Gasteiger partial charge < -0.3 is 10.1 Å². The van der Waals surface area contributed by atoms with Crippen molar-refractivity contribution in [3.05, 3.63) is 89.2 Å². The highest BCUT2D eigenvalue weighted by Gasteiger charge is 2.20. The van der Waals surface area contributed by atoms with E-state index in [9.17, 15) is 18.0 Å². The molecular weight excluding hydrogens is 415 g/mol. The number of esters is 1. The summed E-state index contributed by atoms with van der Waals surface area (Å²) in [4.78, 5) is 20.8. The summed E-state index contributed by atoms with van der Waals surface area (Å²) in [5, 5.41) is 5.52. The van der Waals surface area contributed by atoms with Crippen molar-refractivity contribution in [3.63, 3.8) is 0 Å². The Balaban J connectivity index is 1.49. The minimum Gasteiger partial charge on any atom is -0.423 e. The second kappa shape index (κ2) is 8.34. The van der Waals surface area contributed by atoms with Crippen LogP contribution in [0, 0.1) is 17.5 Å². The van der Waals surface area contributed by atoms with Crippen LogP contribution in [-0.2, 0) is 0 Å². The number of halogens is 3. The maximum Gasteiger partial charge on any atom is 0.346 e. The third-order valence-electron chi connectivity index (χ3n) is 3.98. The molecule has 0 fully saturated rings. The van der Waals surface area contributed by atoms with Gasteiger partial charge in [-0.15, -0.1) is 11.3 Å². The van der Waals surface area contributed by atoms with E-state index in [2.05, 4.69) is 15.3 Å². The first-order valence-corrected chi connectivity index (χ1v) is 9.49. The molecule has 0 saturated heterocycles. The highest BCUT2D eigenvalue weighted by atomic mass is 32.1. The predicted octanol–water partition coefficient (Wildman–Crippen LogP) is 5.59. The number of nitrogens with one attached hydrogen (secondary N) is 1. The number of nitrogens with zero attached hydrogens (tertiary/aromatic N) is 2. The molecule has 0 atom stereocenters. The zero-order valence-electron chi connectivity index (χ0n) is 15.1. The number of anilines is 2. The number of aromatic nitrogens is 2. The lowest BCUT2D eigenvalue weighted by Gasteiger charge is -2.08. The van der Waals surface area contributed by atoms with Crippen LogP contribution in [0.4, 0.5) is 24.0 Å². The number of carbonyl (C=O) groups excluding carboxylic acids is 1. The molecule has 0 spiro atoms. The standard InChI is InChI=1S/C21H12F3N3O2S/c22-15-8-7-14(18(23)19(15)24)20(28)29-13-5-3-4-12(10-13)26-21-27-17(11-30-21)16-6-1-2-9-25-16/h1-11H,(H,26,27). The van der Waals surface area contributed by atoms with Crippen LogP contribution >= 0.6 is 11.3 Å². The Morgan fingerprint density at radius 1 is 0.967 bits per heavy atom. The lowest BCUT2D eigenvalue weighted by molar-refractivity contribution is 0.0728. The van der Waals surface area contributed by atoms with Crippen molar-refractivity contribution in [1.82, 2.24) is 9.97 Å². The van der Waals surface area contributed by atoms with Crippen LogP contribution < -0.4 is 10.1 Å². The number of benzene rings is 2. The minimum atomic E-state index is -1.73. The summed E-state index contributed by atoms with van der Waals surface area (Å²) in [5.41, 5.74) is 1.30. The number of thiazole rings is 1. The molecule has 0 aliphatic carbocycles. The van der Waals surface area contributed by atoms with Crippen LogP contribution in [0.2, 0.25) is 0 Å². The Bertz CT molecular complexity index is 1220. The number of ether oxygens (including phenoxy) is 1. The van der Waals surface area contributed by atoms with Crippen LogP contribution in [0.25, 0.3) is 11.4 Å². The highest BCUT2D eigenvalue weighted by Crippen LogP contribution is 2.28. The monoisotopic (exact) mass is 427 g/mol. The van der Waals surface area contributed by atoms with Gasteiger partial charge in [0.1, 0.15) is 11.4 Å². The van der Waals surface area contributed by atoms with Crippen molar-refractivity contribution >= 4 is 28.1 Å². The van der Waals surface area contributed by atoms with Gasteiger partial charge >= 0.3 is 5.97 Å². The van der Waals surface area contributed by atoms with Gasteiger partial charge in [0.05, 0.1) is 11.3 Å². The van der Waals surface area contributed by atoms with Crippen LogP contribution in [0.1, 0.15) is 10.4 Å². The molecule has 2 aromatic heterocycles. The zero-order chi connectivity index (χ0) is 21.1. The van der Waals surface area contributed by atoms with Crippen molar-refractivity contribution in [2.24, 2.45) is 0 Å². The first-order chi connectivity index (χ1) is 14.5. The second-order valence-corrected chi connectivity index (χ2v) is 6.88. The van der Waals surface area contributed by atoms with Crippen LogP contribution in [0.15, 0.2) is 66.2 Å². The summed E-state index contributed by atoms with van der Waals surface area (Å²) in [7, 11) is 0. The third-order valence-corrected chi connectivity index (χ3v) is 4.74. The molecule has 2 aromatic carbocycles. The molecule has 0 aliphatic rings. The number of hydrogen-bond acceptors (Lipinski definition) is 6. The highest BCUT2D eigenvalue weighted by molar-refractivity contribution is 7.14. The number of carbonyl (C=O) groups is 1. The fourth-order valence-electron chi connectivity index (χ4n) is 2.57. The quantitative estimate of drug-likeness (QED) is 0.256. The molecule has 0 radical (unpaired) electrons. The molecule has 0 bridgehead atoms. The average Bonchev–Trinajstić information content (AvgIpc) is 3.21. The molecule has 5 nitrogen and oxygen atoms in total. The van der Waals surface area contributed by atoms with Crippen molar-refractivity contribution in [2.75, 3.05) is 5.32 Å². The van der Waals surface area contributed by atoms with E-state index in [1.54, 1.807) is 18.3 Å². The molecule has 1 N–H and O–H groups in total. The van der Waals surface area contributed by atoms with Crippen LogP contribution in [0.3, 0.4) is 0 Å². The SMILES string of the molecule is O=C(Oc1cccc(Nc2nc(-c3ccccn3)cs2)c1)c1ccc(F)c(F)c1F. The molecule has 0 amide bonds. The first kappa shape index (κ1) is 19.6. The first-order valence-electron chi connectivity index (χ1n) is 8.61. The van der Waals surface area contributed by atoms with Gasteiger partial charge in [0.15, 0.2) is 22.6 Å². The molecule has 150 valence electrons. The summed E-state index contributed by atoms with van der Waals surface area (Å²) >= 11 is 1.36. The normalized spacial score (nSPS) is 10.6. The summed E-state index contributed by atoms with van der Waals surface area (Å²) in [6.07, 6.45) is 1.68. The smallest absolute Gasteiger partial charge is 0.346 e. The van der Waals surface area contributed by atoms with Gasteiger partial charge in [0, 0.05) is 23.3 Å². The van der Waals surface area contributed by atoms with Crippen molar-refractivity contribution in [1.29, 1.82) is 0 Å². The summed E-state index contributed by atoms with van der Waals surface area (Å²) < 4.78 is 45.3. The van der Waals surface area contributed by atoms with Gasteiger partial charge in [-0.25, -0.2) is 22.9 Å². The molecule has 2 heterocycles. The maximum atomic E-state index is 13.8. The average molecular weight is 427 g/mol. The Kier molecular flexibility index (Phi) is 5.44. The largest absolute Gasteiger partial charge is 0.423 e. The van der Waals surface area contributed by atoms with Gasteiger partial charge in [-0.3, -0.25) is 4.98 Å². The van der Waals surface area contributed by atoms with Crippen molar-refractivity contribution < 1.29 is 22.7 Å². The topological polar surface area (TPSA) is 64.1 Å². The molecule has 0 unspecified atom stereocenters. The summed E-state index contributed by atoms with van der Waals surface area (Å²) in [5.74, 6) is -5.76. The van der Waals surface area contributed by atoms with Crippen molar-refractivity contribution in [3.8, 4) is 17.1 Å². The van der Waals surface area contributed by atoms with Gasteiger partial charge in [0.25, 0.3) is 0 Å². The van der Waals surface area contributed by atoms with E-state index in [1.165, 1.54) is 23.5 Å². The number of hydrogen-bond donors (Lipinski definition) is 1. The minimum absolute atomic E-state index is 0.0932. The zero-order valence-corrected chi connectivity index (χ0v) is 15.9. The number of pyridine rings is 1. The summed E-state index contributed by atoms with van der Waals surface area (Å²) in [6.45, 7) is 0. The molecule has 0 saturated carbocycles. The van der Waals surface area contributed by atoms with E-state index in [0.717, 1.165) is 11.8 Å². The molecule has 0 aliphatic heterocycles. The van der Waals surface area contributed by atoms with Gasteiger partial charge in [-0.1, -0.05) is 12.1 Å². The van der Waals surface area contributed by atoms with E-state index in [4.69, 9.17) is 4.74 Å². The molecule has 4 aromatic rings. The molecule has 4 rings (SSSR count). The fourth-order valence-corrected chi connectivity index (χ4v) is 3.29. The third kappa shape index (κ3) is 4.15. The van der Waals surface area contributed by atoms with Crippen molar-refractivity contribution in [2.45, 2.75) is 0 Å². The Morgan fingerprint density at radius 3 is 2.63 bits per heavy atom. The Labute approximate surface area is 172 Å². The lowest BCUT2D eigenvalue weighted by Crippen LogP contribution is -2.12. The Morgan fingerprint density at radius 2 is 1.83 bits per heavy atom. The van der Waals surface area contributed by atoms with Gasteiger partial charge in [-0.05, 0) is 36.4 Å². The van der Waals surface area contributed by atoms with Gasteiger partial charge in [-0.2, -0.15) is 0 Å².